The predicted octanol–water partition coefficient (Wildman–Crippen LogP) is 3.86. The lowest BCUT2D eigenvalue weighted by atomic mass is 9.88. The van der Waals surface area contributed by atoms with Gasteiger partial charge >= 0.3 is 0 Å². The van der Waals surface area contributed by atoms with Crippen molar-refractivity contribution in [1.29, 1.82) is 0 Å². The highest BCUT2D eigenvalue weighted by atomic mass is 32.1. The van der Waals surface area contributed by atoms with E-state index in [9.17, 15) is 0 Å². The molecular formula is C14H21N3OS. The van der Waals surface area contributed by atoms with Crippen molar-refractivity contribution in [3.05, 3.63) is 17.3 Å². The van der Waals surface area contributed by atoms with Gasteiger partial charge in [0.25, 0.3) is 0 Å². The van der Waals surface area contributed by atoms with Gasteiger partial charge in [-0.05, 0) is 23.8 Å². The van der Waals surface area contributed by atoms with Crippen molar-refractivity contribution in [1.82, 2.24) is 9.97 Å². The number of thiophene rings is 1. The summed E-state index contributed by atoms with van der Waals surface area (Å²) in [6, 6.07) is 2.06. The van der Waals surface area contributed by atoms with E-state index in [0.717, 1.165) is 28.4 Å². The third-order valence-corrected chi connectivity index (χ3v) is 3.75. The fraction of sp³-hybridized carbons (Fsp3) is 0.571. The zero-order valence-corrected chi connectivity index (χ0v) is 13.0. The summed E-state index contributed by atoms with van der Waals surface area (Å²) in [5.41, 5.74) is -0.0385. The molecule has 104 valence electrons. The molecule has 2 aromatic rings. The molecule has 2 aromatic heterocycles. The first-order chi connectivity index (χ1) is 8.97. The van der Waals surface area contributed by atoms with E-state index in [-0.39, 0.29) is 11.5 Å². The summed E-state index contributed by atoms with van der Waals surface area (Å²) in [5.74, 6) is 1.65. The molecule has 1 N–H and O–H groups in total. The number of nitrogens with zero attached hydrogens (tertiary/aromatic N) is 2. The third-order valence-electron chi connectivity index (χ3n) is 2.94. The third kappa shape index (κ3) is 2.87. The average Bonchev–Trinajstić information content (AvgIpc) is 2.76. The Morgan fingerprint density at radius 2 is 2.11 bits per heavy atom. The van der Waals surface area contributed by atoms with E-state index in [2.05, 4.69) is 49.0 Å². The number of hydrogen-bond acceptors (Lipinski definition) is 5. The topological polar surface area (TPSA) is 47.0 Å². The number of hydrogen-bond donors (Lipinski definition) is 1. The Morgan fingerprint density at radius 1 is 1.37 bits per heavy atom. The van der Waals surface area contributed by atoms with Gasteiger partial charge in [0.15, 0.2) is 5.82 Å². The monoisotopic (exact) mass is 279 g/mol. The van der Waals surface area contributed by atoms with E-state index in [1.165, 1.54) is 0 Å². The first kappa shape index (κ1) is 14.2. The van der Waals surface area contributed by atoms with Crippen LogP contribution < -0.4 is 5.32 Å². The summed E-state index contributed by atoms with van der Waals surface area (Å²) in [6.07, 6.45) is -0.114. The number of nitrogens with one attached hydrogen (secondary N) is 1. The predicted molar refractivity (Wildman–Crippen MR) is 80.8 cm³/mol. The van der Waals surface area contributed by atoms with Crippen LogP contribution in [0.5, 0.6) is 0 Å². The number of rotatable bonds is 4. The maximum Gasteiger partial charge on any atom is 0.161 e. The molecule has 0 radical (unpaired) electrons. The van der Waals surface area contributed by atoms with Gasteiger partial charge in [0.2, 0.25) is 0 Å². The lowest BCUT2D eigenvalue weighted by Gasteiger charge is -2.28. The van der Waals surface area contributed by atoms with Gasteiger partial charge in [0.05, 0.1) is 5.39 Å². The van der Waals surface area contributed by atoms with Crippen molar-refractivity contribution in [3.8, 4) is 0 Å². The molecule has 0 aromatic carbocycles. The lowest BCUT2D eigenvalue weighted by Crippen LogP contribution is -2.22. The summed E-state index contributed by atoms with van der Waals surface area (Å²) in [6.45, 7) is 9.31. The van der Waals surface area contributed by atoms with Gasteiger partial charge in [0, 0.05) is 13.7 Å². The Labute approximate surface area is 118 Å². The molecule has 0 aliphatic rings. The minimum absolute atomic E-state index is 0.0385. The van der Waals surface area contributed by atoms with Crippen LogP contribution in [0.2, 0.25) is 0 Å². The van der Waals surface area contributed by atoms with Crippen LogP contribution in [-0.4, -0.2) is 23.6 Å². The van der Waals surface area contributed by atoms with Gasteiger partial charge in [-0.1, -0.05) is 20.8 Å². The maximum atomic E-state index is 5.61. The summed E-state index contributed by atoms with van der Waals surface area (Å²) in [4.78, 5) is 10.3. The highest BCUT2D eigenvalue weighted by Gasteiger charge is 2.29. The maximum absolute atomic E-state index is 5.61. The molecule has 0 spiro atoms. The quantitative estimate of drug-likeness (QED) is 0.923. The molecule has 5 heteroatoms. The van der Waals surface area contributed by atoms with Gasteiger partial charge in [-0.25, -0.2) is 9.97 Å². The number of aromatic nitrogens is 2. The summed E-state index contributed by atoms with van der Waals surface area (Å²) >= 11 is 1.63. The van der Waals surface area contributed by atoms with Gasteiger partial charge in [-0.15, -0.1) is 11.3 Å². The zero-order valence-electron chi connectivity index (χ0n) is 12.2. The minimum Gasteiger partial charge on any atom is -0.373 e. The SMILES string of the molecule is CCNc1nc(C(OC)C(C)(C)C)nc2sccc12. The molecule has 0 amide bonds. The van der Waals surface area contributed by atoms with E-state index in [4.69, 9.17) is 4.74 Å². The molecule has 0 bridgehead atoms. The lowest BCUT2D eigenvalue weighted by molar-refractivity contribution is 0.00904. The van der Waals surface area contributed by atoms with Crippen molar-refractivity contribution >= 4 is 27.4 Å². The van der Waals surface area contributed by atoms with E-state index < -0.39 is 0 Å². The first-order valence-electron chi connectivity index (χ1n) is 6.49. The summed E-state index contributed by atoms with van der Waals surface area (Å²) in [5, 5.41) is 6.43. The Bertz CT molecular complexity index is 559. The second kappa shape index (κ2) is 5.43. The second-order valence-electron chi connectivity index (χ2n) is 5.58. The average molecular weight is 279 g/mol. The Kier molecular flexibility index (Phi) is 4.06. The molecule has 19 heavy (non-hydrogen) atoms. The minimum atomic E-state index is -0.114. The van der Waals surface area contributed by atoms with Crippen LogP contribution in [0.25, 0.3) is 10.2 Å². The summed E-state index contributed by atoms with van der Waals surface area (Å²) in [7, 11) is 1.71. The molecular weight excluding hydrogens is 258 g/mol. The molecule has 0 aliphatic heterocycles. The van der Waals surface area contributed by atoms with Gasteiger partial charge in [-0.3, -0.25) is 0 Å². The number of anilines is 1. The molecule has 1 unspecified atom stereocenters. The van der Waals surface area contributed by atoms with Crippen LogP contribution in [0.15, 0.2) is 11.4 Å². The van der Waals surface area contributed by atoms with Crippen molar-refractivity contribution in [3.63, 3.8) is 0 Å². The van der Waals surface area contributed by atoms with Crippen molar-refractivity contribution < 1.29 is 4.74 Å². The van der Waals surface area contributed by atoms with Crippen molar-refractivity contribution in [2.45, 2.75) is 33.8 Å². The molecule has 4 nitrogen and oxygen atoms in total. The molecule has 1 atom stereocenters. The zero-order chi connectivity index (χ0) is 14.0. The van der Waals surface area contributed by atoms with Crippen LogP contribution in [0.1, 0.15) is 39.6 Å². The number of fused-ring (bicyclic) bond motifs is 1. The van der Waals surface area contributed by atoms with Crippen LogP contribution in [0.3, 0.4) is 0 Å². The van der Waals surface area contributed by atoms with E-state index in [0.29, 0.717) is 0 Å². The largest absolute Gasteiger partial charge is 0.373 e. The molecule has 2 heterocycles. The van der Waals surface area contributed by atoms with Gasteiger partial charge in [-0.2, -0.15) is 0 Å². The van der Waals surface area contributed by atoms with E-state index in [1.807, 2.05) is 5.38 Å². The van der Waals surface area contributed by atoms with Crippen LogP contribution >= 0.6 is 11.3 Å². The Morgan fingerprint density at radius 3 is 2.68 bits per heavy atom. The molecule has 0 aliphatic carbocycles. The normalized spacial score (nSPS) is 13.7. The molecule has 0 fully saturated rings. The Balaban J connectivity index is 2.54. The number of methoxy groups -OCH3 is 1. The highest BCUT2D eigenvalue weighted by molar-refractivity contribution is 7.16. The molecule has 0 saturated heterocycles. The van der Waals surface area contributed by atoms with Gasteiger partial charge < -0.3 is 10.1 Å². The molecule has 0 saturated carbocycles. The standard InChI is InChI=1S/C14H21N3OS/c1-6-15-11-9-7-8-19-13(9)17-12(16-11)10(18-5)14(2,3)4/h7-8,10H,6H2,1-5H3,(H,15,16,17). The van der Waals surface area contributed by atoms with Crippen LogP contribution in [0.4, 0.5) is 5.82 Å². The fourth-order valence-electron chi connectivity index (χ4n) is 2.14. The van der Waals surface area contributed by atoms with E-state index >= 15 is 0 Å². The van der Waals surface area contributed by atoms with Crippen LogP contribution in [-0.2, 0) is 4.74 Å². The highest BCUT2D eigenvalue weighted by Crippen LogP contribution is 2.36. The van der Waals surface area contributed by atoms with Crippen molar-refractivity contribution in [2.75, 3.05) is 19.0 Å². The van der Waals surface area contributed by atoms with E-state index in [1.54, 1.807) is 18.4 Å². The fourth-order valence-corrected chi connectivity index (χ4v) is 2.91. The Hall–Kier alpha value is -1.20. The summed E-state index contributed by atoms with van der Waals surface area (Å²) < 4.78 is 5.61. The molecule has 2 rings (SSSR count). The first-order valence-corrected chi connectivity index (χ1v) is 7.37. The second-order valence-corrected chi connectivity index (χ2v) is 6.48. The van der Waals surface area contributed by atoms with Crippen molar-refractivity contribution in [2.24, 2.45) is 5.41 Å². The smallest absolute Gasteiger partial charge is 0.161 e. The van der Waals surface area contributed by atoms with Gasteiger partial charge in [0.1, 0.15) is 16.8 Å². The van der Waals surface area contributed by atoms with Crippen LogP contribution in [0, 0.1) is 5.41 Å². The number of ether oxygens (including phenoxy) is 1.